The molecule has 0 spiro atoms. The maximum Gasteiger partial charge on any atom is 0.0178 e. The van der Waals surface area contributed by atoms with E-state index < -0.39 is 0 Å². The van der Waals surface area contributed by atoms with Gasteiger partial charge in [-0.15, -0.1) is 0 Å². The van der Waals surface area contributed by atoms with Gasteiger partial charge in [0.25, 0.3) is 0 Å². The molecule has 17 heavy (non-hydrogen) atoms. The quantitative estimate of drug-likeness (QED) is 0.581. The van der Waals surface area contributed by atoms with Crippen molar-refractivity contribution in [2.75, 3.05) is 0 Å². The Morgan fingerprint density at radius 2 is 1.29 bits per heavy atom. The van der Waals surface area contributed by atoms with E-state index in [-0.39, 0.29) is 0 Å². The van der Waals surface area contributed by atoms with Gasteiger partial charge < -0.3 is 0 Å². The fraction of sp³-hybridized carbons (Fsp3) is 0.625. The van der Waals surface area contributed by atoms with Crippen molar-refractivity contribution < 1.29 is 0 Å². The first-order valence-corrected chi connectivity index (χ1v) is 7.76. The Kier molecular flexibility index (Phi) is 6.26. The standard InChI is InChI=1S/C16H25Br/c1-5-12(6-2)15-10-9-14(17)11-16(15)13(7-3)8-4/h9-13H,5-8H2,1-4H3. The molecule has 0 aliphatic rings. The molecule has 1 aromatic carbocycles. The summed E-state index contributed by atoms with van der Waals surface area (Å²) in [4.78, 5) is 0. The van der Waals surface area contributed by atoms with Crippen LogP contribution in [0.4, 0.5) is 0 Å². The minimum Gasteiger partial charge on any atom is -0.0648 e. The Labute approximate surface area is 115 Å². The molecule has 0 fully saturated rings. The molecule has 0 aromatic heterocycles. The molecule has 0 radical (unpaired) electrons. The number of halogens is 1. The van der Waals surface area contributed by atoms with Crippen LogP contribution in [0.3, 0.4) is 0 Å². The second kappa shape index (κ2) is 7.20. The third-order valence-corrected chi connectivity index (χ3v) is 4.39. The second-order valence-corrected chi connectivity index (χ2v) is 5.72. The molecule has 1 rings (SSSR count). The molecule has 0 N–H and O–H groups in total. The fourth-order valence-corrected chi connectivity index (χ4v) is 3.11. The molecule has 0 aliphatic carbocycles. The summed E-state index contributed by atoms with van der Waals surface area (Å²) in [6.07, 6.45) is 4.96. The van der Waals surface area contributed by atoms with E-state index in [0.717, 1.165) is 5.92 Å². The molecule has 0 aliphatic heterocycles. The minimum absolute atomic E-state index is 0.711. The monoisotopic (exact) mass is 296 g/mol. The molecule has 0 bridgehead atoms. The van der Waals surface area contributed by atoms with E-state index in [4.69, 9.17) is 0 Å². The van der Waals surface area contributed by atoms with Crippen LogP contribution in [-0.4, -0.2) is 0 Å². The highest BCUT2D eigenvalue weighted by atomic mass is 79.9. The van der Waals surface area contributed by atoms with E-state index in [2.05, 4.69) is 61.8 Å². The molecule has 0 amide bonds. The number of hydrogen-bond acceptors (Lipinski definition) is 0. The van der Waals surface area contributed by atoms with Gasteiger partial charge in [0.1, 0.15) is 0 Å². The maximum atomic E-state index is 3.62. The lowest BCUT2D eigenvalue weighted by molar-refractivity contribution is 0.593. The van der Waals surface area contributed by atoms with E-state index in [1.807, 2.05) is 0 Å². The smallest absolute Gasteiger partial charge is 0.0178 e. The Morgan fingerprint density at radius 1 is 0.824 bits per heavy atom. The highest BCUT2D eigenvalue weighted by molar-refractivity contribution is 9.10. The Bertz CT molecular complexity index is 335. The van der Waals surface area contributed by atoms with Crippen molar-refractivity contribution in [3.05, 3.63) is 33.8 Å². The van der Waals surface area contributed by atoms with Gasteiger partial charge in [0.15, 0.2) is 0 Å². The summed E-state index contributed by atoms with van der Waals surface area (Å²) in [7, 11) is 0. The molecule has 1 heteroatoms. The first-order chi connectivity index (χ1) is 8.17. The predicted molar refractivity (Wildman–Crippen MR) is 80.8 cm³/mol. The van der Waals surface area contributed by atoms with Gasteiger partial charge in [-0.25, -0.2) is 0 Å². The zero-order valence-corrected chi connectivity index (χ0v) is 13.2. The summed E-state index contributed by atoms with van der Waals surface area (Å²) >= 11 is 3.62. The van der Waals surface area contributed by atoms with Crippen LogP contribution in [-0.2, 0) is 0 Å². The molecule has 96 valence electrons. The molecular weight excluding hydrogens is 272 g/mol. The van der Waals surface area contributed by atoms with Gasteiger partial charge in [-0.05, 0) is 60.8 Å². The normalized spacial score (nSPS) is 11.5. The fourth-order valence-electron chi connectivity index (χ4n) is 2.73. The van der Waals surface area contributed by atoms with Gasteiger partial charge >= 0.3 is 0 Å². The highest BCUT2D eigenvalue weighted by Gasteiger charge is 2.17. The Morgan fingerprint density at radius 3 is 1.76 bits per heavy atom. The summed E-state index contributed by atoms with van der Waals surface area (Å²) in [5, 5.41) is 0. The average molecular weight is 297 g/mol. The van der Waals surface area contributed by atoms with Gasteiger partial charge in [-0.2, -0.15) is 0 Å². The lowest BCUT2D eigenvalue weighted by atomic mass is 9.83. The largest absolute Gasteiger partial charge is 0.0648 e. The van der Waals surface area contributed by atoms with Crippen molar-refractivity contribution in [2.24, 2.45) is 0 Å². The number of hydrogen-bond donors (Lipinski definition) is 0. The van der Waals surface area contributed by atoms with E-state index in [9.17, 15) is 0 Å². The second-order valence-electron chi connectivity index (χ2n) is 4.80. The lowest BCUT2D eigenvalue weighted by Crippen LogP contribution is -2.05. The zero-order chi connectivity index (χ0) is 12.8. The lowest BCUT2D eigenvalue weighted by Gasteiger charge is -2.23. The SMILES string of the molecule is CCC(CC)c1ccc(Br)cc1C(CC)CC. The molecule has 1 aromatic rings. The molecule has 0 heterocycles. The average Bonchev–Trinajstić information content (AvgIpc) is 2.34. The van der Waals surface area contributed by atoms with Crippen LogP contribution in [0.2, 0.25) is 0 Å². The predicted octanol–water partition coefficient (Wildman–Crippen LogP) is 6.26. The van der Waals surface area contributed by atoms with E-state index >= 15 is 0 Å². The molecule has 0 saturated heterocycles. The summed E-state index contributed by atoms with van der Waals surface area (Å²) in [6.45, 7) is 9.19. The summed E-state index contributed by atoms with van der Waals surface area (Å²) in [6, 6.07) is 6.86. The van der Waals surface area contributed by atoms with E-state index in [0.29, 0.717) is 5.92 Å². The molecule has 0 atom stereocenters. The highest BCUT2D eigenvalue weighted by Crippen LogP contribution is 2.35. The first kappa shape index (κ1) is 14.8. The van der Waals surface area contributed by atoms with Crippen LogP contribution in [0.25, 0.3) is 0 Å². The van der Waals surface area contributed by atoms with Crippen LogP contribution in [0.15, 0.2) is 22.7 Å². The maximum absolute atomic E-state index is 3.62. The van der Waals surface area contributed by atoms with E-state index in [1.54, 1.807) is 11.1 Å². The van der Waals surface area contributed by atoms with E-state index in [1.165, 1.54) is 30.2 Å². The minimum atomic E-state index is 0.711. The first-order valence-electron chi connectivity index (χ1n) is 6.97. The van der Waals surface area contributed by atoms with Crippen LogP contribution < -0.4 is 0 Å². The van der Waals surface area contributed by atoms with Gasteiger partial charge in [-0.3, -0.25) is 0 Å². The Hall–Kier alpha value is -0.300. The zero-order valence-electron chi connectivity index (χ0n) is 11.6. The molecular formula is C16H25Br. The van der Waals surface area contributed by atoms with Crippen LogP contribution in [0.5, 0.6) is 0 Å². The number of rotatable bonds is 6. The molecule has 0 unspecified atom stereocenters. The van der Waals surface area contributed by atoms with Gasteiger partial charge in [0.05, 0.1) is 0 Å². The molecule has 0 saturated carbocycles. The van der Waals surface area contributed by atoms with Gasteiger partial charge in [0.2, 0.25) is 0 Å². The third kappa shape index (κ3) is 3.58. The van der Waals surface area contributed by atoms with Crippen molar-refractivity contribution in [1.82, 2.24) is 0 Å². The van der Waals surface area contributed by atoms with Gasteiger partial charge in [0, 0.05) is 4.47 Å². The Balaban J connectivity index is 3.19. The third-order valence-electron chi connectivity index (χ3n) is 3.90. The van der Waals surface area contributed by atoms with Crippen molar-refractivity contribution >= 4 is 15.9 Å². The van der Waals surface area contributed by atoms with Crippen molar-refractivity contribution in [1.29, 1.82) is 0 Å². The van der Waals surface area contributed by atoms with Crippen LogP contribution in [0, 0.1) is 0 Å². The summed E-state index contributed by atoms with van der Waals surface area (Å²) in [5.74, 6) is 1.43. The molecule has 0 nitrogen and oxygen atoms in total. The van der Waals surface area contributed by atoms with Crippen LogP contribution >= 0.6 is 15.9 Å². The van der Waals surface area contributed by atoms with Crippen molar-refractivity contribution in [3.8, 4) is 0 Å². The topological polar surface area (TPSA) is 0 Å². The van der Waals surface area contributed by atoms with Crippen molar-refractivity contribution in [2.45, 2.75) is 65.2 Å². The summed E-state index contributed by atoms with van der Waals surface area (Å²) < 4.78 is 1.22. The van der Waals surface area contributed by atoms with Crippen LogP contribution in [0.1, 0.15) is 76.3 Å². The van der Waals surface area contributed by atoms with Gasteiger partial charge in [-0.1, -0.05) is 49.7 Å². The number of benzene rings is 1. The van der Waals surface area contributed by atoms with Crippen molar-refractivity contribution in [3.63, 3.8) is 0 Å². The summed E-state index contributed by atoms with van der Waals surface area (Å²) in [5.41, 5.74) is 3.14.